The number of amides is 1. The number of hydrogen-bond acceptors (Lipinski definition) is 3. The second-order valence-corrected chi connectivity index (χ2v) is 3.74. The van der Waals surface area contributed by atoms with E-state index in [2.05, 4.69) is 4.98 Å². The first kappa shape index (κ1) is 13.6. The average molecular weight is 240 g/mol. The number of rotatable bonds is 6. The van der Waals surface area contributed by atoms with Gasteiger partial charge in [0.1, 0.15) is 0 Å². The van der Waals surface area contributed by atoms with Crippen LogP contribution in [-0.4, -0.2) is 40.6 Å². The highest BCUT2D eigenvalue weighted by Gasteiger charge is 2.14. The van der Waals surface area contributed by atoms with E-state index in [-0.39, 0.29) is 19.1 Å². The van der Waals surface area contributed by atoms with Crippen molar-refractivity contribution >= 4 is 5.91 Å². The number of aromatic nitrogens is 1. The normalized spacial score (nSPS) is 10.3. The molecule has 5 heteroatoms. The molecular formula is C12H17FN2O2. The molecule has 0 spiro atoms. The number of hydrogen-bond donors (Lipinski definition) is 1. The zero-order valence-electron chi connectivity index (χ0n) is 9.90. The van der Waals surface area contributed by atoms with Gasteiger partial charge in [0.15, 0.2) is 0 Å². The van der Waals surface area contributed by atoms with Gasteiger partial charge in [0.25, 0.3) is 5.91 Å². The van der Waals surface area contributed by atoms with Crippen LogP contribution in [0.3, 0.4) is 0 Å². The summed E-state index contributed by atoms with van der Waals surface area (Å²) < 4.78 is 12.6. The van der Waals surface area contributed by atoms with Crippen molar-refractivity contribution in [3.8, 4) is 0 Å². The Morgan fingerprint density at radius 1 is 1.47 bits per heavy atom. The Morgan fingerprint density at radius 2 is 2.24 bits per heavy atom. The summed E-state index contributed by atoms with van der Waals surface area (Å²) in [6.07, 6.45) is 3.06. The maximum Gasteiger partial charge on any atom is 0.255 e. The highest BCUT2D eigenvalue weighted by molar-refractivity contribution is 5.93. The number of unbranched alkanes of at least 4 members (excludes halogenated alkanes) is 1. The number of carbonyl (C=O) groups excluding carboxylic acids is 1. The van der Waals surface area contributed by atoms with Gasteiger partial charge in [0.05, 0.1) is 12.2 Å². The maximum atomic E-state index is 12.6. The molecular weight excluding hydrogens is 223 g/mol. The van der Waals surface area contributed by atoms with Gasteiger partial charge < -0.3 is 10.0 Å². The molecule has 0 aromatic carbocycles. The average Bonchev–Trinajstić information content (AvgIpc) is 2.34. The van der Waals surface area contributed by atoms with Gasteiger partial charge in [-0.1, -0.05) is 13.3 Å². The van der Waals surface area contributed by atoms with Crippen molar-refractivity contribution in [3.63, 3.8) is 0 Å². The Balaban J connectivity index is 2.72. The number of nitrogens with zero attached hydrogens (tertiary/aromatic N) is 2. The van der Waals surface area contributed by atoms with Gasteiger partial charge in [-0.2, -0.15) is 4.39 Å². The highest BCUT2D eigenvalue weighted by Crippen LogP contribution is 2.06. The zero-order valence-corrected chi connectivity index (χ0v) is 9.90. The SMILES string of the molecule is CCCCN(CCO)C(=O)c1ccc(F)nc1. The Hall–Kier alpha value is -1.49. The molecule has 94 valence electrons. The number of halogens is 1. The fourth-order valence-corrected chi connectivity index (χ4v) is 1.47. The lowest BCUT2D eigenvalue weighted by Gasteiger charge is -2.21. The van der Waals surface area contributed by atoms with Crippen LogP contribution >= 0.6 is 0 Å². The third-order valence-corrected chi connectivity index (χ3v) is 2.41. The number of carbonyl (C=O) groups is 1. The second kappa shape index (κ2) is 6.96. The van der Waals surface area contributed by atoms with Crippen LogP contribution in [0.2, 0.25) is 0 Å². The van der Waals surface area contributed by atoms with E-state index in [1.807, 2.05) is 6.92 Å². The molecule has 0 unspecified atom stereocenters. The summed E-state index contributed by atoms with van der Waals surface area (Å²) in [6.45, 7) is 2.83. The number of pyridine rings is 1. The van der Waals surface area contributed by atoms with Crippen LogP contribution < -0.4 is 0 Å². The van der Waals surface area contributed by atoms with Crippen molar-refractivity contribution in [2.24, 2.45) is 0 Å². The fourth-order valence-electron chi connectivity index (χ4n) is 1.47. The Kier molecular flexibility index (Phi) is 5.56. The van der Waals surface area contributed by atoms with Gasteiger partial charge >= 0.3 is 0 Å². The third-order valence-electron chi connectivity index (χ3n) is 2.41. The lowest BCUT2D eigenvalue weighted by atomic mass is 10.2. The summed E-state index contributed by atoms with van der Waals surface area (Å²) in [5.41, 5.74) is 0.343. The van der Waals surface area contributed by atoms with Crippen LogP contribution in [0.4, 0.5) is 4.39 Å². The van der Waals surface area contributed by atoms with Crippen LogP contribution in [-0.2, 0) is 0 Å². The van der Waals surface area contributed by atoms with E-state index in [0.29, 0.717) is 12.1 Å². The first-order valence-electron chi connectivity index (χ1n) is 5.70. The molecule has 0 radical (unpaired) electrons. The van der Waals surface area contributed by atoms with Gasteiger partial charge in [0, 0.05) is 19.3 Å². The van der Waals surface area contributed by atoms with E-state index < -0.39 is 5.95 Å². The molecule has 0 fully saturated rings. The van der Waals surface area contributed by atoms with E-state index >= 15 is 0 Å². The molecule has 4 nitrogen and oxygen atoms in total. The van der Waals surface area contributed by atoms with Gasteiger partial charge in [0.2, 0.25) is 5.95 Å². The van der Waals surface area contributed by atoms with Crippen LogP contribution in [0.25, 0.3) is 0 Å². The van der Waals surface area contributed by atoms with Gasteiger partial charge in [-0.25, -0.2) is 4.98 Å². The van der Waals surface area contributed by atoms with Crippen molar-refractivity contribution in [2.45, 2.75) is 19.8 Å². The predicted octanol–water partition coefficient (Wildman–Crippen LogP) is 1.46. The standard InChI is InChI=1S/C12H17FN2O2/c1-2-3-6-15(7-8-16)12(17)10-4-5-11(13)14-9-10/h4-5,9,16H,2-3,6-8H2,1H3. The molecule has 0 atom stereocenters. The molecule has 1 rings (SSSR count). The minimum Gasteiger partial charge on any atom is -0.395 e. The molecule has 0 aliphatic heterocycles. The van der Waals surface area contributed by atoms with E-state index in [9.17, 15) is 9.18 Å². The zero-order chi connectivity index (χ0) is 12.7. The first-order chi connectivity index (χ1) is 8.19. The van der Waals surface area contributed by atoms with E-state index in [1.165, 1.54) is 12.3 Å². The molecule has 1 aromatic heterocycles. The molecule has 0 bridgehead atoms. The Labute approximate surface area is 100 Å². The molecule has 1 heterocycles. The first-order valence-corrected chi connectivity index (χ1v) is 5.70. The molecule has 0 aliphatic carbocycles. The minimum atomic E-state index is -0.608. The Morgan fingerprint density at radius 3 is 2.76 bits per heavy atom. The highest BCUT2D eigenvalue weighted by atomic mass is 19.1. The van der Waals surface area contributed by atoms with Crippen LogP contribution in [0, 0.1) is 5.95 Å². The van der Waals surface area contributed by atoms with Crippen LogP contribution in [0.5, 0.6) is 0 Å². The quantitative estimate of drug-likeness (QED) is 0.766. The lowest BCUT2D eigenvalue weighted by molar-refractivity contribution is 0.0719. The largest absolute Gasteiger partial charge is 0.395 e. The Bertz CT molecular complexity index is 354. The van der Waals surface area contributed by atoms with Crippen molar-refractivity contribution in [1.29, 1.82) is 0 Å². The molecule has 0 aliphatic rings. The van der Waals surface area contributed by atoms with E-state index in [0.717, 1.165) is 18.9 Å². The van der Waals surface area contributed by atoms with Gasteiger partial charge in [-0.05, 0) is 18.6 Å². The van der Waals surface area contributed by atoms with Crippen LogP contribution in [0.1, 0.15) is 30.1 Å². The van der Waals surface area contributed by atoms with Crippen molar-refractivity contribution in [1.82, 2.24) is 9.88 Å². The molecule has 0 saturated heterocycles. The summed E-state index contributed by atoms with van der Waals surface area (Å²) in [4.78, 5) is 17.0. The number of aliphatic hydroxyl groups excluding tert-OH is 1. The van der Waals surface area contributed by atoms with Crippen molar-refractivity contribution in [2.75, 3.05) is 19.7 Å². The molecule has 1 N–H and O–H groups in total. The van der Waals surface area contributed by atoms with E-state index in [1.54, 1.807) is 4.90 Å². The molecule has 1 amide bonds. The summed E-state index contributed by atoms with van der Waals surface area (Å²) in [5.74, 6) is -0.830. The topological polar surface area (TPSA) is 53.4 Å². The summed E-state index contributed by atoms with van der Waals surface area (Å²) >= 11 is 0. The lowest BCUT2D eigenvalue weighted by Crippen LogP contribution is -2.34. The predicted molar refractivity (Wildman–Crippen MR) is 62.1 cm³/mol. The second-order valence-electron chi connectivity index (χ2n) is 3.74. The van der Waals surface area contributed by atoms with Crippen molar-refractivity contribution in [3.05, 3.63) is 29.8 Å². The molecule has 17 heavy (non-hydrogen) atoms. The minimum absolute atomic E-state index is 0.0793. The fraction of sp³-hybridized carbons (Fsp3) is 0.500. The smallest absolute Gasteiger partial charge is 0.255 e. The summed E-state index contributed by atoms with van der Waals surface area (Å²) in [5, 5.41) is 8.91. The maximum absolute atomic E-state index is 12.6. The van der Waals surface area contributed by atoms with Crippen LogP contribution in [0.15, 0.2) is 18.3 Å². The summed E-state index contributed by atoms with van der Waals surface area (Å²) in [6, 6.07) is 2.56. The van der Waals surface area contributed by atoms with Gasteiger partial charge in [-0.3, -0.25) is 4.79 Å². The summed E-state index contributed by atoms with van der Waals surface area (Å²) in [7, 11) is 0. The molecule has 0 saturated carbocycles. The van der Waals surface area contributed by atoms with Gasteiger partial charge in [-0.15, -0.1) is 0 Å². The van der Waals surface area contributed by atoms with Crippen molar-refractivity contribution < 1.29 is 14.3 Å². The third kappa shape index (κ3) is 4.11. The van der Waals surface area contributed by atoms with E-state index in [4.69, 9.17) is 5.11 Å². The number of aliphatic hydroxyl groups is 1. The molecule has 1 aromatic rings. The monoisotopic (exact) mass is 240 g/mol.